The van der Waals surface area contributed by atoms with Gasteiger partial charge in [-0.25, -0.2) is 4.98 Å². The minimum atomic E-state index is -0.0802. The van der Waals surface area contributed by atoms with Gasteiger partial charge in [0.2, 0.25) is 5.91 Å². The lowest BCUT2D eigenvalue weighted by Crippen LogP contribution is -2.31. The Bertz CT molecular complexity index is 1020. The Morgan fingerprint density at radius 2 is 2.14 bits per heavy atom. The molecule has 188 valence electrons. The number of aromatic nitrogens is 1. The highest BCUT2D eigenvalue weighted by molar-refractivity contribution is 5.91. The second-order valence-corrected chi connectivity index (χ2v) is 9.37. The van der Waals surface area contributed by atoms with Crippen molar-refractivity contribution in [1.29, 1.82) is 0 Å². The Labute approximate surface area is 210 Å². The molecule has 2 aliphatic rings. The molecule has 2 N–H and O–H groups in total. The van der Waals surface area contributed by atoms with E-state index in [9.17, 15) is 4.79 Å². The van der Waals surface area contributed by atoms with E-state index in [4.69, 9.17) is 4.74 Å². The molecule has 0 aromatic carbocycles. The summed E-state index contributed by atoms with van der Waals surface area (Å²) < 4.78 is 6.10. The lowest BCUT2D eigenvalue weighted by atomic mass is 10.1. The van der Waals surface area contributed by atoms with Crippen molar-refractivity contribution in [2.45, 2.75) is 58.9 Å². The van der Waals surface area contributed by atoms with Gasteiger partial charge in [0.25, 0.3) is 0 Å². The fourth-order valence-corrected chi connectivity index (χ4v) is 4.09. The molecule has 0 saturated heterocycles. The van der Waals surface area contributed by atoms with Gasteiger partial charge in [-0.2, -0.15) is 0 Å². The van der Waals surface area contributed by atoms with Crippen LogP contribution >= 0.6 is 0 Å². The minimum Gasteiger partial charge on any atom is -0.460 e. The summed E-state index contributed by atoms with van der Waals surface area (Å²) >= 11 is 0. The molecule has 6 nitrogen and oxygen atoms in total. The number of likely N-dealkylation sites (N-methyl/N-ethyl adjacent to an activating group) is 1. The zero-order chi connectivity index (χ0) is 25.0. The Balaban J connectivity index is 1.61. The molecule has 1 unspecified atom stereocenters. The van der Waals surface area contributed by atoms with E-state index in [1.165, 1.54) is 18.4 Å². The summed E-state index contributed by atoms with van der Waals surface area (Å²) in [5, 5.41) is 7.16. The highest BCUT2D eigenvalue weighted by Crippen LogP contribution is 2.19. The van der Waals surface area contributed by atoms with E-state index in [1.807, 2.05) is 44.3 Å². The predicted octanol–water partition coefficient (Wildman–Crippen LogP) is 5.38. The number of allylic oxidation sites excluding steroid dienone is 6. The van der Waals surface area contributed by atoms with Crippen LogP contribution in [0, 0.1) is 0 Å². The van der Waals surface area contributed by atoms with Crippen molar-refractivity contribution in [3.8, 4) is 0 Å². The first-order valence-electron chi connectivity index (χ1n) is 12.7. The summed E-state index contributed by atoms with van der Waals surface area (Å²) in [5.74, 6) is 2.42. The van der Waals surface area contributed by atoms with Crippen LogP contribution in [0.5, 0.6) is 0 Å². The summed E-state index contributed by atoms with van der Waals surface area (Å²) in [6.07, 6.45) is 20.6. The maximum Gasteiger partial charge on any atom is 0.246 e. The molecule has 1 aliphatic heterocycles. The Morgan fingerprint density at radius 3 is 2.94 bits per heavy atom. The van der Waals surface area contributed by atoms with Crippen molar-refractivity contribution in [3.63, 3.8) is 0 Å². The molecule has 6 heteroatoms. The highest BCUT2D eigenvalue weighted by Gasteiger charge is 2.14. The zero-order valence-corrected chi connectivity index (χ0v) is 21.6. The van der Waals surface area contributed by atoms with Gasteiger partial charge < -0.3 is 20.3 Å². The van der Waals surface area contributed by atoms with E-state index in [-0.39, 0.29) is 5.91 Å². The van der Waals surface area contributed by atoms with E-state index in [0.717, 1.165) is 60.8 Å². The van der Waals surface area contributed by atoms with E-state index < -0.39 is 0 Å². The summed E-state index contributed by atoms with van der Waals surface area (Å²) in [6, 6.07) is 2.68. The average molecular weight is 477 g/mol. The third-order valence-corrected chi connectivity index (χ3v) is 6.16. The molecule has 1 aromatic heterocycles. The lowest BCUT2D eigenvalue weighted by molar-refractivity contribution is -0.124. The SMILES string of the molecule is CCCC1CCNc2ncc(/C=C/C(=O)N(C)CC(OC3=CC=CCC=C3)=C(C)C)cc2CCN1. The molecule has 3 rings (SSSR count). The van der Waals surface area contributed by atoms with E-state index in [2.05, 4.69) is 40.8 Å². The van der Waals surface area contributed by atoms with Crippen molar-refractivity contribution in [2.75, 3.05) is 32.0 Å². The maximum atomic E-state index is 12.8. The van der Waals surface area contributed by atoms with E-state index in [1.54, 1.807) is 18.0 Å². The van der Waals surface area contributed by atoms with E-state index >= 15 is 0 Å². The van der Waals surface area contributed by atoms with Crippen LogP contribution in [0.2, 0.25) is 0 Å². The molecule has 0 spiro atoms. The van der Waals surface area contributed by atoms with Crippen LogP contribution in [0.1, 0.15) is 57.6 Å². The number of fused-ring (bicyclic) bond motifs is 1. The number of nitrogens with one attached hydrogen (secondary N) is 2. The zero-order valence-electron chi connectivity index (χ0n) is 21.6. The second-order valence-electron chi connectivity index (χ2n) is 9.37. The van der Waals surface area contributed by atoms with Crippen LogP contribution in [0.25, 0.3) is 6.08 Å². The molecule has 0 fully saturated rings. The monoisotopic (exact) mass is 476 g/mol. The summed E-state index contributed by atoms with van der Waals surface area (Å²) in [7, 11) is 1.79. The molecular weight excluding hydrogens is 436 g/mol. The molecule has 0 bridgehead atoms. The Morgan fingerprint density at radius 1 is 1.29 bits per heavy atom. The van der Waals surface area contributed by atoms with Crippen LogP contribution in [-0.4, -0.2) is 48.5 Å². The van der Waals surface area contributed by atoms with Gasteiger partial charge in [0.05, 0.1) is 6.54 Å². The number of hydrogen-bond acceptors (Lipinski definition) is 5. The fraction of sp³-hybridized carbons (Fsp3) is 0.448. The largest absolute Gasteiger partial charge is 0.460 e. The standard InChI is InChI=1S/C29H40N4O2/c1-5-10-25-16-18-31-29-24(15-17-30-25)19-23(20-32-29)13-14-28(34)33(4)21-27(22(2)3)35-26-11-8-6-7-9-12-26/h6,8-9,11-14,19-20,25,30H,5,7,10,15-18,21H2,1-4H3,(H,31,32)/b14-13+. The summed E-state index contributed by atoms with van der Waals surface area (Å²) in [4.78, 5) is 19.1. The van der Waals surface area contributed by atoms with Crippen LogP contribution in [0.3, 0.4) is 0 Å². The lowest BCUT2D eigenvalue weighted by Gasteiger charge is -2.20. The molecular formula is C29H40N4O2. The predicted molar refractivity (Wildman–Crippen MR) is 145 cm³/mol. The Hall–Kier alpha value is -3.12. The number of anilines is 1. The smallest absolute Gasteiger partial charge is 0.246 e. The van der Waals surface area contributed by atoms with Gasteiger partial charge in [0.1, 0.15) is 17.3 Å². The molecule has 1 atom stereocenters. The van der Waals surface area contributed by atoms with Crippen LogP contribution in [0.4, 0.5) is 5.82 Å². The Kier molecular flexibility index (Phi) is 10.4. The normalized spacial score (nSPS) is 17.8. The number of carbonyl (C=O) groups excluding carboxylic acids is 1. The summed E-state index contributed by atoms with van der Waals surface area (Å²) in [6.45, 7) is 8.47. The van der Waals surface area contributed by atoms with E-state index in [0.29, 0.717) is 12.6 Å². The topological polar surface area (TPSA) is 66.5 Å². The number of pyridine rings is 1. The average Bonchev–Trinajstić information content (AvgIpc) is 3.06. The molecule has 35 heavy (non-hydrogen) atoms. The van der Waals surface area contributed by atoms with Crippen molar-refractivity contribution < 1.29 is 9.53 Å². The molecule has 1 aliphatic carbocycles. The number of amides is 1. The summed E-state index contributed by atoms with van der Waals surface area (Å²) in [5.41, 5.74) is 3.15. The van der Waals surface area contributed by atoms with Gasteiger partial charge in [-0.05, 0) is 87.1 Å². The third-order valence-electron chi connectivity index (χ3n) is 6.16. The van der Waals surface area contributed by atoms with Crippen LogP contribution in [0.15, 0.2) is 65.8 Å². The highest BCUT2D eigenvalue weighted by atomic mass is 16.5. The maximum absolute atomic E-state index is 12.8. The molecule has 1 amide bonds. The number of hydrogen-bond donors (Lipinski definition) is 2. The minimum absolute atomic E-state index is 0.0802. The quantitative estimate of drug-likeness (QED) is 0.390. The van der Waals surface area contributed by atoms with Gasteiger partial charge in [0.15, 0.2) is 0 Å². The first-order valence-corrected chi connectivity index (χ1v) is 12.7. The number of ether oxygens (including phenoxy) is 1. The van der Waals surface area contributed by atoms with Crippen molar-refractivity contribution in [2.24, 2.45) is 0 Å². The molecule has 0 saturated carbocycles. The molecule has 0 radical (unpaired) electrons. The van der Waals surface area contributed by atoms with Crippen molar-refractivity contribution in [1.82, 2.24) is 15.2 Å². The first kappa shape index (κ1) is 26.5. The molecule has 2 heterocycles. The van der Waals surface area contributed by atoms with Gasteiger partial charge in [-0.1, -0.05) is 31.6 Å². The number of nitrogens with zero attached hydrogens (tertiary/aromatic N) is 2. The molecule has 1 aromatic rings. The van der Waals surface area contributed by atoms with Gasteiger partial charge in [-0.3, -0.25) is 4.79 Å². The fourth-order valence-electron chi connectivity index (χ4n) is 4.09. The van der Waals surface area contributed by atoms with Crippen LogP contribution < -0.4 is 10.6 Å². The number of carbonyl (C=O) groups is 1. The van der Waals surface area contributed by atoms with Crippen molar-refractivity contribution >= 4 is 17.8 Å². The van der Waals surface area contributed by atoms with Gasteiger partial charge in [-0.15, -0.1) is 0 Å². The van der Waals surface area contributed by atoms with Crippen molar-refractivity contribution in [3.05, 3.63) is 76.9 Å². The number of rotatable bonds is 8. The second kappa shape index (κ2) is 13.7. The van der Waals surface area contributed by atoms with Crippen LogP contribution in [-0.2, 0) is 16.0 Å². The van der Waals surface area contributed by atoms with Gasteiger partial charge in [0, 0.05) is 31.9 Å². The first-order chi connectivity index (χ1) is 17.0. The third kappa shape index (κ3) is 8.55. The van der Waals surface area contributed by atoms with Gasteiger partial charge >= 0.3 is 0 Å².